The highest BCUT2D eigenvalue weighted by atomic mass is 19.1. The third-order valence-electron chi connectivity index (χ3n) is 11.1. The molecule has 19 nitrogen and oxygen atoms in total. The number of anilines is 1. The van der Waals surface area contributed by atoms with E-state index in [1.54, 1.807) is 37.3 Å². The largest absolute Gasteiger partial charge is 0.458 e. The number of nitrogens with zero attached hydrogens (tertiary/aromatic N) is 2. The minimum Gasteiger partial charge on any atom is -0.458 e. The van der Waals surface area contributed by atoms with Crippen LogP contribution in [0, 0.1) is 12.7 Å². The summed E-state index contributed by atoms with van der Waals surface area (Å²) in [6.45, 7) is 1.78. The number of nitrogens with two attached hydrogens (primary N) is 1. The molecule has 0 fully saturated rings. The molecule has 4 aromatic rings. The van der Waals surface area contributed by atoms with Crippen molar-refractivity contribution in [2.45, 2.75) is 77.4 Å². The number of benzene rings is 2. The maximum atomic E-state index is 15.2. The Kier molecular flexibility index (Phi) is 12.5. The van der Waals surface area contributed by atoms with Crippen LogP contribution in [0.4, 0.5) is 19.7 Å². The zero-order valence-electron chi connectivity index (χ0n) is 33.9. The molecular weight excluding hydrogens is 812 g/mol. The van der Waals surface area contributed by atoms with E-state index in [4.69, 9.17) is 24.9 Å². The van der Waals surface area contributed by atoms with Crippen molar-refractivity contribution < 1.29 is 52.5 Å². The van der Waals surface area contributed by atoms with Crippen LogP contribution in [-0.4, -0.2) is 76.9 Å². The van der Waals surface area contributed by atoms with Gasteiger partial charge in [0.2, 0.25) is 17.7 Å². The summed E-state index contributed by atoms with van der Waals surface area (Å²) in [4.78, 5) is 91.6. The quantitative estimate of drug-likeness (QED) is 0.0453. The highest BCUT2D eigenvalue weighted by Gasteiger charge is 2.44. The number of nitrogens with one attached hydrogen (secondary N) is 5. The molecule has 8 N–H and O–H groups in total. The smallest absolute Gasteiger partial charge is 0.407 e. The van der Waals surface area contributed by atoms with Crippen molar-refractivity contribution in [1.82, 2.24) is 30.8 Å². The number of aromatic nitrogens is 2. The lowest BCUT2D eigenvalue weighted by Crippen LogP contribution is -2.42. The number of fused-ring (bicyclic) bond motifs is 5. The number of pyridine rings is 2. The summed E-state index contributed by atoms with van der Waals surface area (Å²) >= 11 is 0. The fourth-order valence-corrected chi connectivity index (χ4v) is 7.91. The van der Waals surface area contributed by atoms with Crippen LogP contribution in [0.3, 0.4) is 0 Å². The molecule has 0 radical (unpaired) electrons. The number of hydrogen-bond acceptors (Lipinski definition) is 12. The topological polar surface area (TPSA) is 271 Å². The van der Waals surface area contributed by atoms with Crippen molar-refractivity contribution in [3.8, 4) is 11.4 Å². The number of esters is 1. The lowest BCUT2D eigenvalue weighted by molar-refractivity contribution is -0.169. The van der Waals surface area contributed by atoms with Crippen molar-refractivity contribution in [3.05, 3.63) is 91.5 Å². The first-order valence-corrected chi connectivity index (χ1v) is 19.9. The summed E-state index contributed by atoms with van der Waals surface area (Å²) in [7, 11) is 0. The van der Waals surface area contributed by atoms with Gasteiger partial charge in [-0.2, -0.15) is 0 Å². The summed E-state index contributed by atoms with van der Waals surface area (Å²) < 4.78 is 32.3. The number of hydrogen-bond donors (Lipinski definition) is 7. The van der Waals surface area contributed by atoms with Crippen LogP contribution >= 0.6 is 0 Å². The van der Waals surface area contributed by atoms with Gasteiger partial charge in [0, 0.05) is 41.2 Å². The fourth-order valence-electron chi connectivity index (χ4n) is 7.91. The molecule has 7 rings (SSSR count). The van der Waals surface area contributed by atoms with Gasteiger partial charge >= 0.3 is 18.1 Å². The second-order valence-corrected chi connectivity index (χ2v) is 15.3. The number of carbonyl (C=O) groups is 6. The predicted molar refractivity (Wildman–Crippen MR) is 217 cm³/mol. The second kappa shape index (κ2) is 18.0. The zero-order valence-corrected chi connectivity index (χ0v) is 33.9. The van der Waals surface area contributed by atoms with E-state index < -0.39 is 66.1 Å². The van der Waals surface area contributed by atoms with Gasteiger partial charge in [-0.25, -0.2) is 23.8 Å². The third kappa shape index (κ3) is 9.05. The van der Waals surface area contributed by atoms with Crippen LogP contribution in [0.25, 0.3) is 22.3 Å². The molecule has 2 aromatic heterocycles. The molecule has 0 saturated heterocycles. The highest BCUT2D eigenvalue weighted by molar-refractivity contribution is 5.94. The molecular formula is C42H45FN8O11. The Morgan fingerprint density at radius 1 is 1.02 bits per heavy atom. The van der Waals surface area contributed by atoms with E-state index in [-0.39, 0.29) is 49.9 Å². The predicted octanol–water partition coefficient (Wildman–Crippen LogP) is 2.03. The number of cyclic esters (lactones) is 1. The maximum Gasteiger partial charge on any atom is 0.407 e. The van der Waals surface area contributed by atoms with Gasteiger partial charge in [0.25, 0.3) is 5.56 Å². The third-order valence-corrected chi connectivity index (χ3v) is 11.1. The average molecular weight is 857 g/mol. The summed E-state index contributed by atoms with van der Waals surface area (Å²) in [5, 5.41) is 24.6. The molecule has 0 bridgehead atoms. The van der Waals surface area contributed by atoms with Crippen molar-refractivity contribution >= 4 is 52.4 Å². The van der Waals surface area contributed by atoms with Gasteiger partial charge in [-0.15, -0.1) is 0 Å². The lowest BCUT2D eigenvalue weighted by atomic mass is 9.81. The Balaban J connectivity index is 0.891. The van der Waals surface area contributed by atoms with Gasteiger partial charge in [-0.1, -0.05) is 12.1 Å². The lowest BCUT2D eigenvalue weighted by Gasteiger charge is -2.30. The normalized spacial score (nSPS) is 16.9. The van der Waals surface area contributed by atoms with E-state index in [9.17, 15) is 38.7 Å². The molecule has 20 heteroatoms. The molecule has 2 atom stereocenters. The number of amides is 6. The summed E-state index contributed by atoms with van der Waals surface area (Å²) in [6.07, 6.45) is 1.42. The highest BCUT2D eigenvalue weighted by Crippen LogP contribution is 2.45. The fraction of sp³-hybridized carbons (Fsp3) is 0.381. The maximum absolute atomic E-state index is 15.2. The monoisotopic (exact) mass is 856 g/mol. The Bertz CT molecular complexity index is 2560. The average Bonchev–Trinajstić information content (AvgIpc) is 3.60. The van der Waals surface area contributed by atoms with Crippen LogP contribution in [0.5, 0.6) is 0 Å². The molecule has 4 heterocycles. The Hall–Kier alpha value is -6.93. The number of unbranched alkanes of at least 4 members (excludes halogenated alkanes) is 1. The first-order chi connectivity index (χ1) is 29.6. The SMILES string of the molecule is Cc1c(F)cc2nc3c(c4c2c1CC[C@@H]4NC(=O)COCNC(=O)CNC(=O)OCc1ccc(NC(=O)CCCCNC(N)=O)cc1)Cn1c-3cc2c(c1=O)COC(=O)[C@@]2(C)O. The number of halogens is 1. The van der Waals surface area contributed by atoms with Gasteiger partial charge in [0.15, 0.2) is 5.60 Å². The number of rotatable bonds is 15. The molecule has 0 saturated carbocycles. The van der Waals surface area contributed by atoms with Crippen molar-refractivity contribution in [3.63, 3.8) is 0 Å². The first kappa shape index (κ1) is 43.2. The molecule has 6 amide bonds. The van der Waals surface area contributed by atoms with Crippen molar-refractivity contribution in [1.29, 1.82) is 0 Å². The van der Waals surface area contributed by atoms with Crippen LogP contribution in [0.1, 0.15) is 77.6 Å². The van der Waals surface area contributed by atoms with E-state index in [0.29, 0.717) is 82.5 Å². The number of primary amides is 1. The second-order valence-electron chi connectivity index (χ2n) is 15.3. The minimum atomic E-state index is -2.07. The van der Waals surface area contributed by atoms with Gasteiger partial charge in [0.05, 0.1) is 35.1 Å². The zero-order chi connectivity index (χ0) is 44.3. The van der Waals surface area contributed by atoms with Crippen LogP contribution in [0.2, 0.25) is 0 Å². The Labute approximate surface area is 352 Å². The van der Waals surface area contributed by atoms with Crippen molar-refractivity contribution in [2.24, 2.45) is 5.73 Å². The molecule has 326 valence electrons. The van der Waals surface area contributed by atoms with E-state index in [0.717, 1.165) is 5.56 Å². The molecule has 3 aliphatic rings. The number of aryl methyl sites for hydroxylation is 1. The van der Waals surface area contributed by atoms with Gasteiger partial charge in [-0.05, 0) is 80.0 Å². The minimum absolute atomic E-state index is 0.0777. The van der Waals surface area contributed by atoms with Gasteiger partial charge < -0.3 is 56.2 Å². The number of alkyl carbamates (subject to hydrolysis) is 1. The standard InChI is InChI=1S/C42H45FN8O11/c1-21-24-10-11-29(36-25-16-51-31(37(25)50-30(35(24)36)14-28(21)43)13-27-26(38(51)55)18-61-39(56)42(27,2)59)49-34(54)19-60-20-47-33(53)15-46-41(58)62-17-22-6-8-23(9-7-22)48-32(52)5-3-4-12-45-40(44)57/h6-9,13-14,29,59H,3-5,10-12,15-20H2,1-2H3,(H,46,58)(H,47,53)(H,48,52)(H,49,54)(H3,44,45,57)/t29-,42-/m0/s1. The van der Waals surface area contributed by atoms with E-state index in [1.807, 2.05) is 0 Å². The Morgan fingerprint density at radius 2 is 1.79 bits per heavy atom. The molecule has 2 aliphatic heterocycles. The van der Waals surface area contributed by atoms with Crippen molar-refractivity contribution in [2.75, 3.05) is 31.7 Å². The van der Waals surface area contributed by atoms with Gasteiger partial charge in [-0.3, -0.25) is 19.2 Å². The summed E-state index contributed by atoms with van der Waals surface area (Å²) in [5.41, 5.74) is 7.47. The van der Waals surface area contributed by atoms with Crippen LogP contribution < -0.4 is 37.9 Å². The van der Waals surface area contributed by atoms with Gasteiger partial charge in [0.1, 0.15) is 38.9 Å². The van der Waals surface area contributed by atoms with Crippen LogP contribution in [0.15, 0.2) is 41.2 Å². The summed E-state index contributed by atoms with van der Waals surface area (Å²) in [6, 6.07) is 8.31. The number of ether oxygens (including phenoxy) is 3. The number of aliphatic hydroxyl groups is 1. The van der Waals surface area contributed by atoms with E-state index in [2.05, 4.69) is 26.6 Å². The van der Waals surface area contributed by atoms with Crippen LogP contribution in [-0.2, 0) is 65.2 Å². The molecule has 62 heavy (non-hydrogen) atoms. The molecule has 1 aliphatic carbocycles. The van der Waals surface area contributed by atoms with E-state index >= 15 is 4.39 Å². The number of carbonyl (C=O) groups excluding carboxylic acids is 6. The molecule has 0 spiro atoms. The first-order valence-electron chi connectivity index (χ1n) is 19.9. The van der Waals surface area contributed by atoms with E-state index in [1.165, 1.54) is 17.6 Å². The molecule has 2 aromatic carbocycles. The molecule has 0 unspecified atom stereocenters. The summed E-state index contributed by atoms with van der Waals surface area (Å²) in [5.74, 6) is -2.65. The Morgan fingerprint density at radius 3 is 2.55 bits per heavy atom. The number of urea groups is 1.